The summed E-state index contributed by atoms with van der Waals surface area (Å²) in [6.07, 6.45) is 4.93. The van der Waals surface area contributed by atoms with Gasteiger partial charge in [0.1, 0.15) is 5.82 Å². The predicted octanol–water partition coefficient (Wildman–Crippen LogP) is 7.36. The maximum absolute atomic E-state index is 6.45. The van der Waals surface area contributed by atoms with Gasteiger partial charge in [0.2, 0.25) is 5.95 Å². The molecule has 0 aliphatic carbocycles. The number of hydrogen-bond donors (Lipinski definition) is 2. The molecule has 0 spiro atoms. The quantitative estimate of drug-likeness (QED) is 0.247. The number of anilines is 1. The van der Waals surface area contributed by atoms with E-state index in [0.29, 0.717) is 21.9 Å². The molecular formula is C29H32Cl2N6. The SMILES string of the molecule is CCCn1c(C2CCNCC2)nc(-c2ccc(Cl)c(Cl)c2)c1-c1ccnc(N[C@@H](C)c2ccccc2)n1. The van der Waals surface area contributed by atoms with Crippen LogP contribution in [0.5, 0.6) is 0 Å². The lowest BCUT2D eigenvalue weighted by Crippen LogP contribution is -2.28. The minimum Gasteiger partial charge on any atom is -0.348 e. The Balaban J connectivity index is 1.61. The number of hydrogen-bond acceptors (Lipinski definition) is 5. The van der Waals surface area contributed by atoms with Crippen molar-refractivity contribution in [3.63, 3.8) is 0 Å². The maximum atomic E-state index is 6.45. The van der Waals surface area contributed by atoms with E-state index in [2.05, 4.69) is 46.2 Å². The third-order valence-corrected chi connectivity index (χ3v) is 7.62. The average Bonchev–Trinajstić information content (AvgIpc) is 3.31. The standard InChI is InChI=1S/C29H32Cl2N6/c1-3-17-37-27(25-13-16-33-29(35-25)34-19(2)20-7-5-4-6-8-20)26(22-9-10-23(30)24(31)18-22)36-28(37)21-11-14-32-15-12-21/h4-10,13,16,18-19,21,32H,3,11-12,14-15,17H2,1-2H3,(H,33,34,35)/t19-/m0/s1. The van der Waals surface area contributed by atoms with Crippen LogP contribution in [0, 0.1) is 0 Å². The highest BCUT2D eigenvalue weighted by Crippen LogP contribution is 2.38. The van der Waals surface area contributed by atoms with Crippen molar-refractivity contribution in [3.8, 4) is 22.6 Å². The molecule has 192 valence electrons. The van der Waals surface area contributed by atoms with Gasteiger partial charge >= 0.3 is 0 Å². The van der Waals surface area contributed by atoms with Gasteiger partial charge in [0.05, 0.1) is 33.2 Å². The molecule has 1 aliphatic rings. The number of imidazole rings is 1. The Bertz CT molecular complexity index is 1350. The highest BCUT2D eigenvalue weighted by Gasteiger charge is 2.27. The van der Waals surface area contributed by atoms with Gasteiger partial charge in [-0.25, -0.2) is 15.0 Å². The molecule has 2 N–H and O–H groups in total. The van der Waals surface area contributed by atoms with Crippen LogP contribution < -0.4 is 10.6 Å². The average molecular weight is 536 g/mol. The zero-order valence-electron chi connectivity index (χ0n) is 21.2. The van der Waals surface area contributed by atoms with E-state index in [9.17, 15) is 0 Å². The Morgan fingerprint density at radius 1 is 1.03 bits per heavy atom. The first-order chi connectivity index (χ1) is 18.0. The molecule has 2 aromatic carbocycles. The van der Waals surface area contributed by atoms with Crippen LogP contribution in [0.25, 0.3) is 22.6 Å². The van der Waals surface area contributed by atoms with Crippen molar-refractivity contribution >= 4 is 29.2 Å². The topological polar surface area (TPSA) is 67.7 Å². The molecule has 0 amide bonds. The second-order valence-electron chi connectivity index (χ2n) is 9.51. The zero-order chi connectivity index (χ0) is 25.8. The number of rotatable bonds is 8. The maximum Gasteiger partial charge on any atom is 0.223 e. The second-order valence-corrected chi connectivity index (χ2v) is 10.3. The first-order valence-corrected chi connectivity index (χ1v) is 13.7. The highest BCUT2D eigenvalue weighted by atomic mass is 35.5. The van der Waals surface area contributed by atoms with Gasteiger partial charge in [0.15, 0.2) is 0 Å². The van der Waals surface area contributed by atoms with Crippen LogP contribution in [0.1, 0.15) is 56.5 Å². The molecular weight excluding hydrogens is 503 g/mol. The molecule has 1 fully saturated rings. The van der Waals surface area contributed by atoms with Crippen LogP contribution in [0.3, 0.4) is 0 Å². The molecule has 37 heavy (non-hydrogen) atoms. The summed E-state index contributed by atoms with van der Waals surface area (Å²) in [5.41, 5.74) is 4.81. The van der Waals surface area contributed by atoms with E-state index in [0.717, 1.165) is 67.4 Å². The Hall–Kier alpha value is -2.93. The van der Waals surface area contributed by atoms with E-state index in [1.165, 1.54) is 5.56 Å². The van der Waals surface area contributed by atoms with Crippen LogP contribution in [-0.4, -0.2) is 32.6 Å². The summed E-state index contributed by atoms with van der Waals surface area (Å²) in [6.45, 7) is 7.17. The molecule has 4 aromatic rings. The fraction of sp³-hybridized carbons (Fsp3) is 0.345. The van der Waals surface area contributed by atoms with Gasteiger partial charge < -0.3 is 15.2 Å². The van der Waals surface area contributed by atoms with E-state index < -0.39 is 0 Å². The third kappa shape index (κ3) is 5.66. The summed E-state index contributed by atoms with van der Waals surface area (Å²) in [5.74, 6) is 2.09. The van der Waals surface area contributed by atoms with E-state index in [-0.39, 0.29) is 6.04 Å². The summed E-state index contributed by atoms with van der Waals surface area (Å²) < 4.78 is 2.36. The highest BCUT2D eigenvalue weighted by molar-refractivity contribution is 6.42. The molecule has 0 bridgehead atoms. The molecule has 5 rings (SSSR count). The van der Waals surface area contributed by atoms with Crippen molar-refractivity contribution < 1.29 is 0 Å². The van der Waals surface area contributed by atoms with Crippen LogP contribution in [0.2, 0.25) is 10.0 Å². The van der Waals surface area contributed by atoms with Crippen LogP contribution in [0.4, 0.5) is 5.95 Å². The van der Waals surface area contributed by atoms with Crippen molar-refractivity contribution in [2.75, 3.05) is 18.4 Å². The number of aromatic nitrogens is 4. The van der Waals surface area contributed by atoms with E-state index in [1.807, 2.05) is 48.7 Å². The van der Waals surface area contributed by atoms with Gasteiger partial charge in [-0.2, -0.15) is 0 Å². The lowest BCUT2D eigenvalue weighted by atomic mass is 9.97. The lowest BCUT2D eigenvalue weighted by molar-refractivity contribution is 0.430. The van der Waals surface area contributed by atoms with E-state index in [4.69, 9.17) is 33.2 Å². The van der Waals surface area contributed by atoms with Crippen LogP contribution in [-0.2, 0) is 6.54 Å². The van der Waals surface area contributed by atoms with Gasteiger partial charge in [-0.05, 0) is 63.0 Å². The minimum atomic E-state index is 0.0665. The summed E-state index contributed by atoms with van der Waals surface area (Å²) >= 11 is 12.7. The largest absolute Gasteiger partial charge is 0.348 e. The van der Waals surface area contributed by atoms with Gasteiger partial charge in [-0.15, -0.1) is 0 Å². The van der Waals surface area contributed by atoms with Crippen molar-refractivity contribution in [1.29, 1.82) is 0 Å². The van der Waals surface area contributed by atoms with E-state index in [1.54, 1.807) is 0 Å². The Morgan fingerprint density at radius 2 is 1.81 bits per heavy atom. The second kappa shape index (κ2) is 11.6. The first kappa shape index (κ1) is 25.7. The molecule has 0 saturated carbocycles. The third-order valence-electron chi connectivity index (χ3n) is 6.89. The molecule has 3 heterocycles. The Labute approximate surface area is 228 Å². The summed E-state index contributed by atoms with van der Waals surface area (Å²) in [7, 11) is 0. The number of piperidine rings is 1. The monoisotopic (exact) mass is 534 g/mol. The van der Waals surface area contributed by atoms with Crippen molar-refractivity contribution in [1.82, 2.24) is 24.8 Å². The van der Waals surface area contributed by atoms with Gasteiger partial charge in [0, 0.05) is 24.2 Å². The number of halogens is 2. The number of nitrogens with one attached hydrogen (secondary N) is 2. The summed E-state index contributed by atoms with van der Waals surface area (Å²) in [6, 6.07) is 18.1. The molecule has 1 aliphatic heterocycles. The smallest absolute Gasteiger partial charge is 0.223 e. The Morgan fingerprint density at radius 3 is 2.54 bits per heavy atom. The summed E-state index contributed by atoms with van der Waals surface area (Å²) in [5, 5.41) is 7.99. The molecule has 2 aromatic heterocycles. The zero-order valence-corrected chi connectivity index (χ0v) is 22.7. The fourth-order valence-electron chi connectivity index (χ4n) is 5.00. The molecule has 0 radical (unpaired) electrons. The van der Waals surface area contributed by atoms with Gasteiger partial charge in [0.25, 0.3) is 0 Å². The fourth-order valence-corrected chi connectivity index (χ4v) is 5.29. The molecule has 1 atom stereocenters. The van der Waals surface area contributed by atoms with E-state index >= 15 is 0 Å². The number of nitrogens with zero attached hydrogens (tertiary/aromatic N) is 4. The molecule has 0 unspecified atom stereocenters. The van der Waals surface area contributed by atoms with Crippen molar-refractivity contribution in [2.24, 2.45) is 0 Å². The lowest BCUT2D eigenvalue weighted by Gasteiger charge is -2.23. The van der Waals surface area contributed by atoms with Gasteiger partial charge in [-0.1, -0.05) is 66.5 Å². The normalized spacial score (nSPS) is 15.0. The molecule has 8 heteroatoms. The molecule has 6 nitrogen and oxygen atoms in total. The Kier molecular flexibility index (Phi) is 8.08. The van der Waals surface area contributed by atoms with Crippen LogP contribution >= 0.6 is 23.2 Å². The predicted molar refractivity (Wildman–Crippen MR) is 152 cm³/mol. The van der Waals surface area contributed by atoms with Gasteiger partial charge in [-0.3, -0.25) is 0 Å². The number of benzene rings is 2. The van der Waals surface area contributed by atoms with Crippen molar-refractivity contribution in [3.05, 3.63) is 82.2 Å². The minimum absolute atomic E-state index is 0.0665. The van der Waals surface area contributed by atoms with Crippen molar-refractivity contribution in [2.45, 2.75) is 51.6 Å². The van der Waals surface area contributed by atoms with Crippen LogP contribution in [0.15, 0.2) is 60.8 Å². The summed E-state index contributed by atoms with van der Waals surface area (Å²) in [4.78, 5) is 14.8. The first-order valence-electron chi connectivity index (χ1n) is 13.0. The molecule has 1 saturated heterocycles.